The highest BCUT2D eigenvalue weighted by Gasteiger charge is 2.36. The van der Waals surface area contributed by atoms with Crippen LogP contribution in [-0.4, -0.2) is 31.3 Å². The Hall–Kier alpha value is -0.100. The van der Waals surface area contributed by atoms with Crippen molar-refractivity contribution in [3.8, 4) is 0 Å². The standard InChI is InChI=1S/C8H13BrN4S/c1-13-7(10-11-12-13)14-6-8(5-9)3-2-4-8/h2-6H2,1H3. The van der Waals surface area contributed by atoms with Crippen molar-refractivity contribution in [2.45, 2.75) is 24.4 Å². The molecule has 0 amide bonds. The van der Waals surface area contributed by atoms with Crippen LogP contribution in [0, 0.1) is 5.41 Å². The summed E-state index contributed by atoms with van der Waals surface area (Å²) in [6, 6.07) is 0. The highest BCUT2D eigenvalue weighted by molar-refractivity contribution is 9.09. The Bertz CT molecular complexity index is 305. The highest BCUT2D eigenvalue weighted by Crippen LogP contribution is 2.45. The molecule has 2 rings (SSSR count). The lowest BCUT2D eigenvalue weighted by atomic mass is 9.72. The lowest BCUT2D eigenvalue weighted by molar-refractivity contribution is 0.206. The van der Waals surface area contributed by atoms with E-state index in [-0.39, 0.29) is 0 Å². The second-order valence-corrected chi connectivity index (χ2v) is 5.36. The molecule has 0 aliphatic heterocycles. The predicted molar refractivity (Wildman–Crippen MR) is 59.6 cm³/mol. The average molecular weight is 277 g/mol. The monoisotopic (exact) mass is 276 g/mol. The van der Waals surface area contributed by atoms with E-state index >= 15 is 0 Å². The number of hydrogen-bond donors (Lipinski definition) is 0. The van der Waals surface area contributed by atoms with Gasteiger partial charge in [0.25, 0.3) is 0 Å². The molecule has 0 unspecified atom stereocenters. The van der Waals surface area contributed by atoms with E-state index in [1.165, 1.54) is 19.3 Å². The summed E-state index contributed by atoms with van der Waals surface area (Å²) in [5.74, 6) is 1.12. The van der Waals surface area contributed by atoms with E-state index in [1.54, 1.807) is 16.4 Å². The van der Waals surface area contributed by atoms with Crippen LogP contribution in [0.1, 0.15) is 19.3 Å². The zero-order valence-electron chi connectivity index (χ0n) is 8.11. The molecule has 1 aliphatic rings. The van der Waals surface area contributed by atoms with Gasteiger partial charge in [0.05, 0.1) is 0 Å². The number of rotatable bonds is 4. The molecule has 0 saturated heterocycles. The molecular formula is C8H13BrN4S. The molecule has 1 aliphatic carbocycles. The van der Waals surface area contributed by atoms with Gasteiger partial charge in [-0.3, -0.25) is 0 Å². The topological polar surface area (TPSA) is 43.6 Å². The number of nitrogens with zero attached hydrogens (tertiary/aromatic N) is 4. The van der Waals surface area contributed by atoms with Crippen LogP contribution in [0.25, 0.3) is 0 Å². The van der Waals surface area contributed by atoms with E-state index < -0.39 is 0 Å². The molecule has 1 saturated carbocycles. The minimum Gasteiger partial charge on any atom is -0.224 e. The quantitative estimate of drug-likeness (QED) is 0.622. The molecule has 1 fully saturated rings. The van der Waals surface area contributed by atoms with E-state index in [1.807, 2.05) is 7.05 Å². The SMILES string of the molecule is Cn1nnnc1SCC1(CBr)CCC1. The summed E-state index contributed by atoms with van der Waals surface area (Å²) in [4.78, 5) is 0. The maximum Gasteiger partial charge on any atom is 0.209 e. The molecule has 6 heteroatoms. The molecule has 0 atom stereocenters. The van der Waals surface area contributed by atoms with Crippen molar-refractivity contribution in [1.29, 1.82) is 0 Å². The molecule has 0 radical (unpaired) electrons. The van der Waals surface area contributed by atoms with Gasteiger partial charge in [-0.05, 0) is 28.7 Å². The van der Waals surface area contributed by atoms with Crippen molar-refractivity contribution in [3.63, 3.8) is 0 Å². The van der Waals surface area contributed by atoms with Crippen molar-refractivity contribution < 1.29 is 0 Å². The third-order valence-corrected chi connectivity index (χ3v) is 5.34. The van der Waals surface area contributed by atoms with Crippen LogP contribution in [0.4, 0.5) is 0 Å². The van der Waals surface area contributed by atoms with Gasteiger partial charge in [0.2, 0.25) is 5.16 Å². The predicted octanol–water partition coefficient (Wildman–Crippen LogP) is 1.87. The van der Waals surface area contributed by atoms with Crippen molar-refractivity contribution in [1.82, 2.24) is 20.2 Å². The summed E-state index contributed by atoms with van der Waals surface area (Å²) < 4.78 is 1.73. The maximum atomic E-state index is 3.96. The summed E-state index contributed by atoms with van der Waals surface area (Å²) in [7, 11) is 1.88. The number of hydrogen-bond acceptors (Lipinski definition) is 4. The Kier molecular flexibility index (Phi) is 3.11. The molecule has 1 aromatic rings. The van der Waals surface area contributed by atoms with Crippen LogP contribution in [0.15, 0.2) is 5.16 Å². The Morgan fingerprint density at radius 2 is 2.36 bits per heavy atom. The fraction of sp³-hybridized carbons (Fsp3) is 0.875. The van der Waals surface area contributed by atoms with E-state index in [0.29, 0.717) is 5.41 Å². The Morgan fingerprint density at radius 1 is 1.57 bits per heavy atom. The Labute approximate surface area is 96.0 Å². The van der Waals surface area contributed by atoms with Gasteiger partial charge in [-0.2, -0.15) is 0 Å². The number of tetrazole rings is 1. The van der Waals surface area contributed by atoms with Crippen LogP contribution < -0.4 is 0 Å². The zero-order valence-corrected chi connectivity index (χ0v) is 10.5. The van der Waals surface area contributed by atoms with Gasteiger partial charge in [-0.15, -0.1) is 5.10 Å². The van der Waals surface area contributed by atoms with E-state index in [0.717, 1.165) is 16.2 Å². The van der Waals surface area contributed by atoms with Crippen LogP contribution in [-0.2, 0) is 7.05 Å². The first-order valence-electron chi connectivity index (χ1n) is 4.67. The second kappa shape index (κ2) is 4.18. The van der Waals surface area contributed by atoms with Gasteiger partial charge in [0, 0.05) is 18.1 Å². The number of alkyl halides is 1. The van der Waals surface area contributed by atoms with Crippen LogP contribution in [0.2, 0.25) is 0 Å². The number of aryl methyl sites for hydroxylation is 1. The Balaban J connectivity index is 1.90. The zero-order chi connectivity index (χ0) is 10.0. The van der Waals surface area contributed by atoms with Gasteiger partial charge in [0.15, 0.2) is 0 Å². The maximum absolute atomic E-state index is 3.96. The van der Waals surface area contributed by atoms with E-state index in [4.69, 9.17) is 0 Å². The van der Waals surface area contributed by atoms with Crippen LogP contribution in [0.3, 0.4) is 0 Å². The van der Waals surface area contributed by atoms with Crippen molar-refractivity contribution in [2.75, 3.05) is 11.1 Å². The largest absolute Gasteiger partial charge is 0.224 e. The minimum atomic E-state index is 0.497. The van der Waals surface area contributed by atoms with E-state index in [2.05, 4.69) is 31.5 Å². The third-order valence-electron chi connectivity index (χ3n) is 2.79. The summed E-state index contributed by atoms with van der Waals surface area (Å²) in [6.45, 7) is 0. The smallest absolute Gasteiger partial charge is 0.209 e. The molecular weight excluding hydrogens is 264 g/mol. The average Bonchev–Trinajstić information content (AvgIpc) is 2.51. The molecule has 0 N–H and O–H groups in total. The molecule has 78 valence electrons. The molecule has 14 heavy (non-hydrogen) atoms. The molecule has 4 nitrogen and oxygen atoms in total. The normalized spacial score (nSPS) is 19.3. The van der Waals surface area contributed by atoms with E-state index in [9.17, 15) is 0 Å². The highest BCUT2D eigenvalue weighted by atomic mass is 79.9. The first-order valence-corrected chi connectivity index (χ1v) is 6.78. The summed E-state index contributed by atoms with van der Waals surface area (Å²) in [6.07, 6.45) is 4.02. The van der Waals surface area contributed by atoms with Gasteiger partial charge >= 0.3 is 0 Å². The van der Waals surface area contributed by atoms with Crippen molar-refractivity contribution in [3.05, 3.63) is 0 Å². The number of halogens is 1. The second-order valence-electron chi connectivity index (χ2n) is 3.86. The number of aromatic nitrogens is 4. The lowest BCUT2D eigenvalue weighted by Gasteiger charge is -2.40. The molecule has 1 heterocycles. The van der Waals surface area contributed by atoms with Crippen molar-refractivity contribution >= 4 is 27.7 Å². The molecule has 1 aromatic heterocycles. The molecule has 0 bridgehead atoms. The lowest BCUT2D eigenvalue weighted by Crippen LogP contribution is -2.33. The summed E-state index contributed by atoms with van der Waals surface area (Å²) in [5, 5.41) is 13.4. The molecule has 0 spiro atoms. The first kappa shape index (κ1) is 10.4. The fourth-order valence-electron chi connectivity index (χ4n) is 1.55. The Morgan fingerprint density at radius 3 is 2.79 bits per heavy atom. The third kappa shape index (κ3) is 1.95. The van der Waals surface area contributed by atoms with Crippen LogP contribution >= 0.6 is 27.7 Å². The van der Waals surface area contributed by atoms with Gasteiger partial charge in [-0.1, -0.05) is 34.1 Å². The molecule has 0 aromatic carbocycles. The fourth-order valence-corrected chi connectivity index (χ4v) is 3.72. The van der Waals surface area contributed by atoms with Gasteiger partial charge in [-0.25, -0.2) is 4.68 Å². The summed E-state index contributed by atoms with van der Waals surface area (Å²) >= 11 is 5.35. The summed E-state index contributed by atoms with van der Waals surface area (Å²) in [5.41, 5.74) is 0.497. The van der Waals surface area contributed by atoms with Gasteiger partial charge < -0.3 is 0 Å². The van der Waals surface area contributed by atoms with Crippen molar-refractivity contribution in [2.24, 2.45) is 12.5 Å². The first-order chi connectivity index (χ1) is 6.76. The minimum absolute atomic E-state index is 0.497. The number of thioether (sulfide) groups is 1. The van der Waals surface area contributed by atoms with Gasteiger partial charge in [0.1, 0.15) is 0 Å². The van der Waals surface area contributed by atoms with Crippen LogP contribution in [0.5, 0.6) is 0 Å².